The van der Waals surface area contributed by atoms with E-state index in [0.29, 0.717) is 0 Å². The Hall–Kier alpha value is -2.94. The van der Waals surface area contributed by atoms with Gasteiger partial charge in [0.1, 0.15) is 0 Å². The fourth-order valence-electron chi connectivity index (χ4n) is 4.17. The van der Waals surface area contributed by atoms with Crippen LogP contribution in [-0.4, -0.2) is 17.5 Å². The maximum atomic E-state index is 3.73. The summed E-state index contributed by atoms with van der Waals surface area (Å²) < 4.78 is 2.30. The fraction of sp³-hybridized carbons (Fsp3) is 0.217. The van der Waals surface area contributed by atoms with Gasteiger partial charge in [-0.3, -0.25) is 0 Å². The SMILES string of the molecule is c1ccc(Nc2c(N3CCCCC3)c3ccccc3n3cccc23)cc1. The van der Waals surface area contributed by atoms with Crippen LogP contribution in [-0.2, 0) is 0 Å². The number of fused-ring (bicyclic) bond motifs is 3. The first-order valence-corrected chi connectivity index (χ1v) is 9.50. The smallest absolute Gasteiger partial charge is 0.0873 e. The van der Waals surface area contributed by atoms with Gasteiger partial charge in [-0.05, 0) is 49.6 Å². The van der Waals surface area contributed by atoms with Crippen LogP contribution < -0.4 is 10.2 Å². The minimum Gasteiger partial charge on any atom is -0.369 e. The van der Waals surface area contributed by atoms with E-state index in [9.17, 15) is 0 Å². The topological polar surface area (TPSA) is 19.7 Å². The second-order valence-corrected chi connectivity index (χ2v) is 7.04. The molecule has 1 fully saturated rings. The van der Waals surface area contributed by atoms with Crippen molar-refractivity contribution in [3.05, 3.63) is 72.9 Å². The van der Waals surface area contributed by atoms with E-state index in [1.54, 1.807) is 0 Å². The van der Waals surface area contributed by atoms with Gasteiger partial charge in [-0.1, -0.05) is 36.4 Å². The lowest BCUT2D eigenvalue weighted by Crippen LogP contribution is -2.30. The van der Waals surface area contributed by atoms with Crippen LogP contribution in [0.3, 0.4) is 0 Å². The molecule has 1 aliphatic rings. The predicted molar refractivity (Wildman–Crippen MR) is 111 cm³/mol. The van der Waals surface area contributed by atoms with Gasteiger partial charge in [-0.2, -0.15) is 0 Å². The fourth-order valence-corrected chi connectivity index (χ4v) is 4.17. The van der Waals surface area contributed by atoms with Crippen LogP contribution in [0.25, 0.3) is 16.4 Å². The first-order chi connectivity index (χ1) is 12.9. The number of nitrogens with one attached hydrogen (secondary N) is 1. The van der Waals surface area contributed by atoms with Crippen molar-refractivity contribution in [1.29, 1.82) is 0 Å². The van der Waals surface area contributed by atoms with Crippen molar-refractivity contribution in [2.75, 3.05) is 23.3 Å². The summed E-state index contributed by atoms with van der Waals surface area (Å²) in [5.41, 5.74) is 6.18. The number of anilines is 3. The summed E-state index contributed by atoms with van der Waals surface area (Å²) in [7, 11) is 0. The average Bonchev–Trinajstić information content (AvgIpc) is 3.20. The van der Waals surface area contributed by atoms with Crippen molar-refractivity contribution in [2.24, 2.45) is 0 Å². The number of aromatic nitrogens is 1. The zero-order chi connectivity index (χ0) is 17.3. The van der Waals surface area contributed by atoms with Gasteiger partial charge < -0.3 is 14.6 Å². The Morgan fingerprint density at radius 3 is 2.27 bits per heavy atom. The van der Waals surface area contributed by atoms with Crippen LogP contribution in [0.15, 0.2) is 72.9 Å². The Labute approximate surface area is 153 Å². The molecule has 5 rings (SSSR count). The zero-order valence-electron chi connectivity index (χ0n) is 14.9. The lowest BCUT2D eigenvalue weighted by molar-refractivity contribution is 0.579. The van der Waals surface area contributed by atoms with Crippen molar-refractivity contribution < 1.29 is 0 Å². The number of pyridine rings is 1. The molecule has 0 radical (unpaired) electrons. The molecular formula is C23H23N3. The summed E-state index contributed by atoms with van der Waals surface area (Å²) in [5, 5.41) is 5.04. The van der Waals surface area contributed by atoms with Crippen molar-refractivity contribution >= 4 is 33.5 Å². The second-order valence-electron chi connectivity index (χ2n) is 7.04. The van der Waals surface area contributed by atoms with Crippen LogP contribution in [0.1, 0.15) is 19.3 Å². The maximum Gasteiger partial charge on any atom is 0.0873 e. The summed E-state index contributed by atoms with van der Waals surface area (Å²) in [6.45, 7) is 2.26. The maximum absolute atomic E-state index is 3.73. The van der Waals surface area contributed by atoms with Crippen LogP contribution >= 0.6 is 0 Å². The lowest BCUT2D eigenvalue weighted by atomic mass is 10.1. The first kappa shape index (κ1) is 15.3. The molecule has 0 bridgehead atoms. The van der Waals surface area contributed by atoms with E-state index in [-0.39, 0.29) is 0 Å². The van der Waals surface area contributed by atoms with E-state index in [0.717, 1.165) is 18.8 Å². The van der Waals surface area contributed by atoms with E-state index in [1.807, 2.05) is 0 Å². The quantitative estimate of drug-likeness (QED) is 0.506. The van der Waals surface area contributed by atoms with Crippen LogP contribution in [0.5, 0.6) is 0 Å². The Morgan fingerprint density at radius 2 is 1.42 bits per heavy atom. The lowest BCUT2D eigenvalue weighted by Gasteiger charge is -2.32. The summed E-state index contributed by atoms with van der Waals surface area (Å²) in [6.07, 6.45) is 6.04. The highest BCUT2D eigenvalue weighted by molar-refractivity contribution is 6.06. The molecular weight excluding hydrogens is 318 g/mol. The first-order valence-electron chi connectivity index (χ1n) is 9.50. The largest absolute Gasteiger partial charge is 0.369 e. The van der Waals surface area contributed by atoms with Crippen LogP contribution in [0.4, 0.5) is 17.1 Å². The molecule has 2 aromatic heterocycles. The van der Waals surface area contributed by atoms with Gasteiger partial charge in [-0.25, -0.2) is 0 Å². The normalized spacial score (nSPS) is 14.8. The van der Waals surface area contributed by atoms with Crippen molar-refractivity contribution in [2.45, 2.75) is 19.3 Å². The molecule has 26 heavy (non-hydrogen) atoms. The van der Waals surface area contributed by atoms with Crippen molar-refractivity contribution in [3.8, 4) is 0 Å². The van der Waals surface area contributed by atoms with Crippen molar-refractivity contribution in [1.82, 2.24) is 4.40 Å². The summed E-state index contributed by atoms with van der Waals surface area (Å²) in [5.74, 6) is 0. The van der Waals surface area contributed by atoms with Gasteiger partial charge in [-0.15, -0.1) is 0 Å². The number of hydrogen-bond acceptors (Lipinski definition) is 2. The highest BCUT2D eigenvalue weighted by atomic mass is 15.2. The van der Waals surface area contributed by atoms with Gasteiger partial charge in [0.15, 0.2) is 0 Å². The Bertz CT molecular complexity index is 1040. The molecule has 1 N–H and O–H groups in total. The van der Waals surface area contributed by atoms with Gasteiger partial charge in [0.05, 0.1) is 22.4 Å². The van der Waals surface area contributed by atoms with Gasteiger partial charge in [0.2, 0.25) is 0 Å². The van der Waals surface area contributed by atoms with Gasteiger partial charge in [0.25, 0.3) is 0 Å². The molecule has 3 heterocycles. The monoisotopic (exact) mass is 341 g/mol. The van der Waals surface area contributed by atoms with Crippen LogP contribution in [0, 0.1) is 0 Å². The average molecular weight is 341 g/mol. The zero-order valence-corrected chi connectivity index (χ0v) is 14.9. The molecule has 0 aliphatic carbocycles. The molecule has 0 amide bonds. The predicted octanol–water partition coefficient (Wildman–Crippen LogP) is 5.83. The minimum atomic E-state index is 1.13. The molecule has 1 saturated heterocycles. The number of hydrogen-bond donors (Lipinski definition) is 1. The molecule has 0 atom stereocenters. The summed E-state index contributed by atoms with van der Waals surface area (Å²) in [4.78, 5) is 2.57. The van der Waals surface area contributed by atoms with E-state index in [4.69, 9.17) is 0 Å². The van der Waals surface area contributed by atoms with E-state index < -0.39 is 0 Å². The molecule has 130 valence electrons. The van der Waals surface area contributed by atoms with Crippen LogP contribution in [0.2, 0.25) is 0 Å². The molecule has 3 nitrogen and oxygen atoms in total. The third kappa shape index (κ3) is 2.51. The molecule has 3 heteroatoms. The molecule has 0 saturated carbocycles. The van der Waals surface area contributed by atoms with Gasteiger partial charge >= 0.3 is 0 Å². The Balaban J connectivity index is 1.80. The Morgan fingerprint density at radius 1 is 0.692 bits per heavy atom. The van der Waals surface area contributed by atoms with E-state index >= 15 is 0 Å². The molecule has 1 aliphatic heterocycles. The van der Waals surface area contributed by atoms with E-state index in [2.05, 4.69) is 87.5 Å². The number of piperidine rings is 1. The third-order valence-electron chi connectivity index (χ3n) is 5.38. The Kier molecular flexibility index (Phi) is 3.78. The standard InChI is InChI=1S/C23H23N3/c1-3-10-18(11-4-1)24-22-21-14-9-17-26(21)20-13-6-5-12-19(20)23(22)25-15-7-2-8-16-25/h1,3-6,9-14,17,24H,2,7-8,15-16H2. The highest BCUT2D eigenvalue weighted by Gasteiger charge is 2.21. The molecule has 0 unspecified atom stereocenters. The molecule has 2 aromatic carbocycles. The minimum absolute atomic E-state index is 1.13. The number of nitrogens with zero attached hydrogens (tertiary/aromatic N) is 2. The summed E-state index contributed by atoms with van der Waals surface area (Å²) >= 11 is 0. The summed E-state index contributed by atoms with van der Waals surface area (Å²) in [6, 6.07) is 23.6. The molecule has 4 aromatic rings. The second kappa shape index (κ2) is 6.41. The molecule has 0 spiro atoms. The van der Waals surface area contributed by atoms with Crippen molar-refractivity contribution in [3.63, 3.8) is 0 Å². The number of benzene rings is 2. The highest BCUT2D eigenvalue weighted by Crippen LogP contribution is 2.41. The van der Waals surface area contributed by atoms with Gasteiger partial charge in [0, 0.05) is 30.4 Å². The number of para-hydroxylation sites is 2. The van der Waals surface area contributed by atoms with E-state index in [1.165, 1.54) is 47.1 Å². The third-order valence-corrected chi connectivity index (χ3v) is 5.38. The number of rotatable bonds is 3.